The van der Waals surface area contributed by atoms with E-state index in [1.54, 1.807) is 0 Å². The van der Waals surface area contributed by atoms with Crippen LogP contribution in [-0.2, 0) is 12.8 Å². The standard InChI is InChI=1S/C19H25N/c1-4-7-16-9-6-11-18(13-16)19(20-3)14-17-10-5-8-15(2)12-17/h5-6,8-13,19-20H,4,7,14H2,1-3H3. The van der Waals surface area contributed by atoms with Gasteiger partial charge in [0.05, 0.1) is 0 Å². The Balaban J connectivity index is 2.17. The summed E-state index contributed by atoms with van der Waals surface area (Å²) in [4.78, 5) is 0. The van der Waals surface area contributed by atoms with E-state index in [0.717, 1.165) is 12.8 Å². The van der Waals surface area contributed by atoms with Crippen molar-refractivity contribution in [1.29, 1.82) is 0 Å². The quantitative estimate of drug-likeness (QED) is 0.815. The van der Waals surface area contributed by atoms with E-state index in [9.17, 15) is 0 Å². The van der Waals surface area contributed by atoms with Gasteiger partial charge >= 0.3 is 0 Å². The SMILES string of the molecule is CCCc1cccc(C(Cc2cccc(C)c2)NC)c1. The summed E-state index contributed by atoms with van der Waals surface area (Å²) in [5.41, 5.74) is 5.55. The minimum atomic E-state index is 0.383. The highest BCUT2D eigenvalue weighted by Gasteiger charge is 2.10. The molecule has 1 unspecified atom stereocenters. The molecule has 0 saturated carbocycles. The highest BCUT2D eigenvalue weighted by Crippen LogP contribution is 2.20. The van der Waals surface area contributed by atoms with E-state index < -0.39 is 0 Å². The Morgan fingerprint density at radius 3 is 2.45 bits per heavy atom. The lowest BCUT2D eigenvalue weighted by Gasteiger charge is -2.18. The summed E-state index contributed by atoms with van der Waals surface area (Å²) in [6.45, 7) is 4.38. The summed E-state index contributed by atoms with van der Waals surface area (Å²) in [7, 11) is 2.05. The van der Waals surface area contributed by atoms with Crippen LogP contribution < -0.4 is 5.32 Å². The summed E-state index contributed by atoms with van der Waals surface area (Å²) in [5.74, 6) is 0. The molecule has 0 radical (unpaired) electrons. The van der Waals surface area contributed by atoms with Gasteiger partial charge in [0.15, 0.2) is 0 Å². The maximum Gasteiger partial charge on any atom is 0.0358 e. The molecule has 2 rings (SSSR count). The van der Waals surface area contributed by atoms with Gasteiger partial charge in [-0.3, -0.25) is 0 Å². The molecule has 106 valence electrons. The van der Waals surface area contributed by atoms with Crippen molar-refractivity contribution in [2.24, 2.45) is 0 Å². The van der Waals surface area contributed by atoms with Crippen molar-refractivity contribution < 1.29 is 0 Å². The van der Waals surface area contributed by atoms with Gasteiger partial charge in [0.25, 0.3) is 0 Å². The molecule has 1 heteroatoms. The molecule has 0 aromatic heterocycles. The van der Waals surface area contributed by atoms with Crippen LogP contribution in [0, 0.1) is 6.92 Å². The molecule has 0 fully saturated rings. The third-order valence-corrected chi connectivity index (χ3v) is 3.76. The Morgan fingerprint density at radius 1 is 1.00 bits per heavy atom. The van der Waals surface area contributed by atoms with E-state index in [1.807, 2.05) is 7.05 Å². The zero-order valence-corrected chi connectivity index (χ0v) is 12.8. The third kappa shape index (κ3) is 3.94. The first-order chi connectivity index (χ1) is 9.72. The van der Waals surface area contributed by atoms with E-state index in [4.69, 9.17) is 0 Å². The molecule has 0 heterocycles. The molecule has 0 saturated heterocycles. The van der Waals surface area contributed by atoms with Gasteiger partial charge in [0.1, 0.15) is 0 Å². The second-order valence-electron chi connectivity index (χ2n) is 5.53. The van der Waals surface area contributed by atoms with Crippen LogP contribution in [0.2, 0.25) is 0 Å². The molecule has 20 heavy (non-hydrogen) atoms. The van der Waals surface area contributed by atoms with E-state index in [1.165, 1.54) is 28.7 Å². The largest absolute Gasteiger partial charge is 0.313 e. The van der Waals surface area contributed by atoms with Crippen molar-refractivity contribution in [1.82, 2.24) is 5.32 Å². The summed E-state index contributed by atoms with van der Waals surface area (Å²) in [6.07, 6.45) is 3.40. The van der Waals surface area contributed by atoms with E-state index in [2.05, 4.69) is 67.7 Å². The van der Waals surface area contributed by atoms with Crippen LogP contribution in [0.4, 0.5) is 0 Å². The van der Waals surface area contributed by atoms with Crippen LogP contribution in [0.5, 0.6) is 0 Å². The lowest BCUT2D eigenvalue weighted by molar-refractivity contribution is 0.591. The van der Waals surface area contributed by atoms with E-state index in [0.29, 0.717) is 6.04 Å². The monoisotopic (exact) mass is 267 g/mol. The van der Waals surface area contributed by atoms with Gasteiger partial charge in [-0.25, -0.2) is 0 Å². The van der Waals surface area contributed by atoms with Gasteiger partial charge < -0.3 is 5.32 Å². The molecule has 1 N–H and O–H groups in total. The number of hydrogen-bond acceptors (Lipinski definition) is 1. The fourth-order valence-corrected chi connectivity index (χ4v) is 2.72. The molecule has 0 amide bonds. The molecule has 2 aromatic carbocycles. The predicted octanol–water partition coefficient (Wildman–Crippen LogP) is 4.45. The number of rotatable bonds is 6. The Labute approximate surface area is 123 Å². The van der Waals surface area contributed by atoms with Gasteiger partial charge in [-0.05, 0) is 43.5 Å². The summed E-state index contributed by atoms with van der Waals surface area (Å²) in [6, 6.07) is 18.2. The third-order valence-electron chi connectivity index (χ3n) is 3.76. The summed E-state index contributed by atoms with van der Waals surface area (Å²) >= 11 is 0. The van der Waals surface area contributed by atoms with E-state index >= 15 is 0 Å². The predicted molar refractivity (Wildman–Crippen MR) is 87.1 cm³/mol. The normalized spacial score (nSPS) is 12.3. The molecule has 0 aliphatic carbocycles. The second kappa shape index (κ2) is 7.25. The van der Waals surface area contributed by atoms with Crippen LogP contribution in [0.25, 0.3) is 0 Å². The molecule has 0 aliphatic rings. The lowest BCUT2D eigenvalue weighted by Crippen LogP contribution is -2.19. The van der Waals surface area contributed by atoms with Gasteiger partial charge in [-0.1, -0.05) is 67.4 Å². The topological polar surface area (TPSA) is 12.0 Å². The molecule has 0 aliphatic heterocycles. The Hall–Kier alpha value is -1.60. The molecule has 0 spiro atoms. The van der Waals surface area contributed by atoms with Crippen molar-refractivity contribution in [3.63, 3.8) is 0 Å². The highest BCUT2D eigenvalue weighted by atomic mass is 14.9. The zero-order chi connectivity index (χ0) is 14.4. The van der Waals surface area contributed by atoms with Crippen LogP contribution in [0.15, 0.2) is 48.5 Å². The minimum Gasteiger partial charge on any atom is -0.313 e. The average Bonchev–Trinajstić information content (AvgIpc) is 2.45. The molecule has 1 atom stereocenters. The zero-order valence-electron chi connectivity index (χ0n) is 12.8. The first-order valence-electron chi connectivity index (χ1n) is 7.54. The number of aryl methyl sites for hydroxylation is 2. The lowest BCUT2D eigenvalue weighted by atomic mass is 9.96. The average molecular weight is 267 g/mol. The smallest absolute Gasteiger partial charge is 0.0358 e. The molecular weight excluding hydrogens is 242 g/mol. The highest BCUT2D eigenvalue weighted by molar-refractivity contribution is 5.29. The number of nitrogens with one attached hydrogen (secondary N) is 1. The summed E-state index contributed by atoms with van der Waals surface area (Å²) in [5, 5.41) is 3.46. The van der Waals surface area contributed by atoms with Crippen molar-refractivity contribution in [2.75, 3.05) is 7.05 Å². The van der Waals surface area contributed by atoms with Crippen molar-refractivity contribution >= 4 is 0 Å². The molecule has 1 nitrogen and oxygen atoms in total. The fourth-order valence-electron chi connectivity index (χ4n) is 2.72. The first kappa shape index (κ1) is 14.8. The fraction of sp³-hybridized carbons (Fsp3) is 0.368. The van der Waals surface area contributed by atoms with Gasteiger partial charge in [0.2, 0.25) is 0 Å². The van der Waals surface area contributed by atoms with Crippen LogP contribution in [-0.4, -0.2) is 7.05 Å². The van der Waals surface area contributed by atoms with Crippen LogP contribution in [0.1, 0.15) is 41.6 Å². The van der Waals surface area contributed by atoms with Crippen molar-refractivity contribution in [2.45, 2.75) is 39.2 Å². The maximum absolute atomic E-state index is 3.46. The molecule has 0 bridgehead atoms. The molecular formula is C19H25N. The van der Waals surface area contributed by atoms with Crippen molar-refractivity contribution in [3.8, 4) is 0 Å². The maximum atomic E-state index is 3.46. The van der Waals surface area contributed by atoms with Crippen LogP contribution >= 0.6 is 0 Å². The molecule has 2 aromatic rings. The second-order valence-corrected chi connectivity index (χ2v) is 5.53. The van der Waals surface area contributed by atoms with Gasteiger partial charge in [-0.2, -0.15) is 0 Å². The van der Waals surface area contributed by atoms with E-state index in [-0.39, 0.29) is 0 Å². The Kier molecular flexibility index (Phi) is 5.37. The number of benzene rings is 2. The number of hydrogen-bond donors (Lipinski definition) is 1. The van der Waals surface area contributed by atoms with Crippen molar-refractivity contribution in [3.05, 3.63) is 70.8 Å². The summed E-state index contributed by atoms with van der Waals surface area (Å²) < 4.78 is 0. The Bertz CT molecular complexity index is 545. The first-order valence-corrected chi connectivity index (χ1v) is 7.54. The number of likely N-dealkylation sites (N-methyl/N-ethyl adjacent to an activating group) is 1. The Morgan fingerprint density at radius 2 is 1.75 bits per heavy atom. The van der Waals surface area contributed by atoms with Crippen LogP contribution in [0.3, 0.4) is 0 Å². The van der Waals surface area contributed by atoms with Gasteiger partial charge in [-0.15, -0.1) is 0 Å². The van der Waals surface area contributed by atoms with Gasteiger partial charge in [0, 0.05) is 6.04 Å². The minimum absolute atomic E-state index is 0.383.